The third kappa shape index (κ3) is 4.66. The predicted octanol–water partition coefficient (Wildman–Crippen LogP) is 2.92. The van der Waals surface area contributed by atoms with Crippen molar-refractivity contribution in [1.29, 1.82) is 0 Å². The van der Waals surface area contributed by atoms with E-state index >= 15 is 0 Å². The van der Waals surface area contributed by atoms with Gasteiger partial charge >= 0.3 is 6.09 Å². The quantitative estimate of drug-likeness (QED) is 0.808. The molecule has 2 atom stereocenters. The number of sulfone groups is 1. The Hall–Kier alpha value is -1.76. The van der Waals surface area contributed by atoms with E-state index in [9.17, 15) is 13.2 Å². The molecule has 2 N–H and O–H groups in total. The first-order chi connectivity index (χ1) is 11.8. The highest BCUT2D eigenvalue weighted by atomic mass is 32.2. The molecule has 25 heavy (non-hydrogen) atoms. The van der Waals surface area contributed by atoms with E-state index in [2.05, 4.69) is 5.32 Å². The predicted molar refractivity (Wildman–Crippen MR) is 96.6 cm³/mol. The van der Waals surface area contributed by atoms with Crippen molar-refractivity contribution in [3.63, 3.8) is 0 Å². The molecule has 1 aliphatic heterocycles. The highest BCUT2D eigenvalue weighted by Gasteiger charge is 2.43. The number of piperidine rings is 1. The second-order valence-corrected chi connectivity index (χ2v) is 9.29. The fourth-order valence-electron chi connectivity index (χ4n) is 3.92. The summed E-state index contributed by atoms with van der Waals surface area (Å²) in [5, 5.41) is 12.4. The third-order valence-electron chi connectivity index (χ3n) is 5.52. The number of hydrogen-bond acceptors (Lipinski definition) is 4. The lowest BCUT2D eigenvalue weighted by Gasteiger charge is -2.30. The van der Waals surface area contributed by atoms with Gasteiger partial charge in [-0.05, 0) is 67.7 Å². The van der Waals surface area contributed by atoms with Gasteiger partial charge in [-0.15, -0.1) is 0 Å². The van der Waals surface area contributed by atoms with Gasteiger partial charge in [0.15, 0.2) is 9.84 Å². The van der Waals surface area contributed by atoms with E-state index in [-0.39, 0.29) is 0 Å². The molecule has 1 heterocycles. The second-order valence-electron chi connectivity index (χ2n) is 7.28. The summed E-state index contributed by atoms with van der Waals surface area (Å²) in [5.41, 5.74) is 0.944. The Morgan fingerprint density at radius 1 is 1.24 bits per heavy atom. The van der Waals surface area contributed by atoms with Crippen molar-refractivity contribution in [2.75, 3.05) is 31.2 Å². The Morgan fingerprint density at radius 2 is 1.88 bits per heavy atom. The van der Waals surface area contributed by atoms with E-state index in [1.807, 2.05) is 12.1 Å². The van der Waals surface area contributed by atoms with Gasteiger partial charge in [-0.3, -0.25) is 0 Å². The van der Waals surface area contributed by atoms with E-state index in [0.29, 0.717) is 23.9 Å². The van der Waals surface area contributed by atoms with E-state index in [1.165, 1.54) is 17.6 Å². The summed E-state index contributed by atoms with van der Waals surface area (Å²) in [6.07, 6.45) is 4.77. The summed E-state index contributed by atoms with van der Waals surface area (Å²) < 4.78 is 22.9. The molecular weight excluding hydrogens is 340 g/mol. The van der Waals surface area contributed by atoms with Gasteiger partial charge in [0.1, 0.15) is 0 Å². The monoisotopic (exact) mass is 366 g/mol. The molecule has 0 spiro atoms. The summed E-state index contributed by atoms with van der Waals surface area (Å²) in [7, 11) is -3.14. The molecule has 6 nitrogen and oxygen atoms in total. The van der Waals surface area contributed by atoms with Crippen LogP contribution in [-0.4, -0.2) is 50.4 Å². The van der Waals surface area contributed by atoms with Crippen molar-refractivity contribution in [2.24, 2.45) is 17.8 Å². The Balaban J connectivity index is 1.38. The standard InChI is InChI=1S/C18H26N2O4S/c1-25(23,24)16-4-2-15(3-5-16)19-9-6-14-12-17(14)13-7-10-20(11-8-13)18(21)22/h2-5,13-14,17,19H,6-12H2,1H3,(H,21,22)/t14-,17+/m0/s1. The Morgan fingerprint density at radius 3 is 2.44 bits per heavy atom. The van der Waals surface area contributed by atoms with Crippen LogP contribution in [0.4, 0.5) is 10.5 Å². The van der Waals surface area contributed by atoms with Crippen molar-refractivity contribution in [3.05, 3.63) is 24.3 Å². The molecule has 1 aliphatic carbocycles. The highest BCUT2D eigenvalue weighted by Crippen LogP contribution is 2.49. The van der Waals surface area contributed by atoms with Crippen LogP contribution >= 0.6 is 0 Å². The van der Waals surface area contributed by atoms with E-state index in [1.54, 1.807) is 12.1 Å². The smallest absolute Gasteiger partial charge is 0.407 e. The van der Waals surface area contributed by atoms with Crippen molar-refractivity contribution >= 4 is 21.6 Å². The number of carbonyl (C=O) groups is 1. The number of anilines is 1. The summed E-state index contributed by atoms with van der Waals surface area (Å²) in [4.78, 5) is 12.8. The third-order valence-corrected chi connectivity index (χ3v) is 6.65. The van der Waals surface area contributed by atoms with Crippen LogP contribution in [0.3, 0.4) is 0 Å². The molecule has 2 aliphatic rings. The first kappa shape index (κ1) is 18.0. The number of nitrogens with zero attached hydrogens (tertiary/aromatic N) is 1. The number of likely N-dealkylation sites (tertiary alicyclic amines) is 1. The topological polar surface area (TPSA) is 86.7 Å². The molecule has 3 rings (SSSR count). The molecule has 2 fully saturated rings. The van der Waals surface area contributed by atoms with Gasteiger partial charge in [-0.25, -0.2) is 13.2 Å². The summed E-state index contributed by atoms with van der Waals surface area (Å²) in [6.45, 7) is 2.23. The van der Waals surface area contributed by atoms with Crippen LogP contribution in [0.2, 0.25) is 0 Å². The Bertz CT molecular complexity index is 709. The molecule has 1 saturated heterocycles. The summed E-state index contributed by atoms with van der Waals surface area (Å²) in [5.74, 6) is 2.17. The van der Waals surface area contributed by atoms with Crippen LogP contribution in [0, 0.1) is 17.8 Å². The van der Waals surface area contributed by atoms with Gasteiger partial charge < -0.3 is 15.3 Å². The zero-order valence-electron chi connectivity index (χ0n) is 14.5. The number of carboxylic acid groups (broad SMARTS) is 1. The molecule has 1 aromatic rings. The first-order valence-electron chi connectivity index (χ1n) is 8.86. The molecule has 0 bridgehead atoms. The summed E-state index contributed by atoms with van der Waals surface area (Å²) in [6, 6.07) is 6.88. The molecule has 1 amide bonds. The molecular formula is C18H26N2O4S. The van der Waals surface area contributed by atoms with Crippen molar-refractivity contribution < 1.29 is 18.3 Å². The van der Waals surface area contributed by atoms with Crippen LogP contribution in [0.15, 0.2) is 29.2 Å². The molecule has 1 saturated carbocycles. The van der Waals surface area contributed by atoms with Crippen LogP contribution in [-0.2, 0) is 9.84 Å². The lowest BCUT2D eigenvalue weighted by Crippen LogP contribution is -2.38. The SMILES string of the molecule is CS(=O)(=O)c1ccc(NCC[C@H]2C[C@@H]2C2CCN(C(=O)O)CC2)cc1. The van der Waals surface area contributed by atoms with Crippen LogP contribution in [0.1, 0.15) is 25.7 Å². The number of rotatable bonds is 6. The normalized spacial score (nSPS) is 24.1. The van der Waals surface area contributed by atoms with Gasteiger partial charge in [0, 0.05) is 31.6 Å². The fraction of sp³-hybridized carbons (Fsp3) is 0.611. The van der Waals surface area contributed by atoms with Gasteiger partial charge in [0.2, 0.25) is 0 Å². The van der Waals surface area contributed by atoms with Gasteiger partial charge in [0.05, 0.1) is 4.90 Å². The average Bonchev–Trinajstić information content (AvgIpc) is 3.34. The number of amides is 1. The molecule has 0 unspecified atom stereocenters. The molecule has 0 radical (unpaired) electrons. The zero-order valence-corrected chi connectivity index (χ0v) is 15.3. The maximum absolute atomic E-state index is 11.4. The summed E-state index contributed by atoms with van der Waals surface area (Å²) >= 11 is 0. The van der Waals surface area contributed by atoms with Crippen molar-refractivity contribution in [3.8, 4) is 0 Å². The Kier molecular flexibility index (Phi) is 5.22. The number of hydrogen-bond donors (Lipinski definition) is 2. The van der Waals surface area contributed by atoms with E-state index in [0.717, 1.165) is 43.3 Å². The lowest BCUT2D eigenvalue weighted by atomic mass is 9.90. The van der Waals surface area contributed by atoms with Crippen LogP contribution < -0.4 is 5.32 Å². The van der Waals surface area contributed by atoms with Crippen LogP contribution in [0.5, 0.6) is 0 Å². The number of nitrogens with one attached hydrogen (secondary N) is 1. The van der Waals surface area contributed by atoms with E-state index in [4.69, 9.17) is 5.11 Å². The minimum absolute atomic E-state index is 0.341. The molecule has 1 aromatic carbocycles. The first-order valence-corrected chi connectivity index (χ1v) is 10.8. The maximum atomic E-state index is 11.4. The fourth-order valence-corrected chi connectivity index (χ4v) is 4.55. The highest BCUT2D eigenvalue weighted by molar-refractivity contribution is 7.90. The lowest BCUT2D eigenvalue weighted by molar-refractivity contribution is 0.120. The maximum Gasteiger partial charge on any atom is 0.407 e. The van der Waals surface area contributed by atoms with Gasteiger partial charge in [-0.2, -0.15) is 0 Å². The van der Waals surface area contributed by atoms with E-state index < -0.39 is 15.9 Å². The van der Waals surface area contributed by atoms with Crippen LogP contribution in [0.25, 0.3) is 0 Å². The minimum Gasteiger partial charge on any atom is -0.465 e. The number of benzene rings is 1. The minimum atomic E-state index is -3.14. The largest absolute Gasteiger partial charge is 0.465 e. The molecule has 7 heteroatoms. The van der Waals surface area contributed by atoms with Gasteiger partial charge in [0.25, 0.3) is 0 Å². The molecule has 0 aromatic heterocycles. The Labute approximate surface area is 149 Å². The zero-order chi connectivity index (χ0) is 18.0. The average molecular weight is 366 g/mol. The van der Waals surface area contributed by atoms with Crippen molar-refractivity contribution in [1.82, 2.24) is 4.90 Å². The molecule has 138 valence electrons. The van der Waals surface area contributed by atoms with Crippen molar-refractivity contribution in [2.45, 2.75) is 30.6 Å². The van der Waals surface area contributed by atoms with Gasteiger partial charge in [-0.1, -0.05) is 0 Å². The second kappa shape index (κ2) is 7.23.